The highest BCUT2D eigenvalue weighted by Crippen LogP contribution is 2.39. The molecule has 0 saturated heterocycles. The van der Waals surface area contributed by atoms with E-state index in [1.807, 2.05) is 26.0 Å². The SMILES string of the molecule is CC(C)(C)CC(C)(C)OOC(C)(C)c1cc(Br)cc(Br)c1Br. The van der Waals surface area contributed by atoms with Crippen LogP contribution in [-0.4, -0.2) is 5.60 Å². The van der Waals surface area contributed by atoms with Gasteiger partial charge in [-0.25, -0.2) is 9.78 Å². The summed E-state index contributed by atoms with van der Waals surface area (Å²) in [5.41, 5.74) is 0.252. The molecule has 0 radical (unpaired) electrons. The summed E-state index contributed by atoms with van der Waals surface area (Å²) in [5.74, 6) is 0. The molecular weight excluding hydrogens is 476 g/mol. The van der Waals surface area contributed by atoms with E-state index in [1.165, 1.54) is 0 Å². The largest absolute Gasteiger partial charge is 0.230 e. The van der Waals surface area contributed by atoms with Crippen molar-refractivity contribution in [3.63, 3.8) is 0 Å². The summed E-state index contributed by atoms with van der Waals surface area (Å²) in [6, 6.07) is 4.03. The highest BCUT2D eigenvalue weighted by atomic mass is 79.9. The highest BCUT2D eigenvalue weighted by Gasteiger charge is 2.33. The molecule has 1 rings (SSSR count). The Morgan fingerprint density at radius 1 is 0.864 bits per heavy atom. The fourth-order valence-electron chi connectivity index (χ4n) is 2.56. The Morgan fingerprint density at radius 2 is 1.41 bits per heavy atom. The number of hydrogen-bond acceptors (Lipinski definition) is 2. The molecule has 22 heavy (non-hydrogen) atoms. The maximum atomic E-state index is 5.85. The number of benzene rings is 1. The van der Waals surface area contributed by atoms with Gasteiger partial charge in [0.1, 0.15) is 5.60 Å². The van der Waals surface area contributed by atoms with Crippen LogP contribution in [-0.2, 0) is 15.4 Å². The van der Waals surface area contributed by atoms with E-state index in [0.29, 0.717) is 0 Å². The van der Waals surface area contributed by atoms with E-state index in [2.05, 4.69) is 82.4 Å². The first-order valence-corrected chi connectivity index (χ1v) is 9.63. The van der Waals surface area contributed by atoms with Crippen molar-refractivity contribution in [1.82, 2.24) is 0 Å². The zero-order valence-electron chi connectivity index (χ0n) is 14.3. The average Bonchev–Trinajstić information content (AvgIpc) is 2.28. The van der Waals surface area contributed by atoms with Gasteiger partial charge < -0.3 is 0 Å². The van der Waals surface area contributed by atoms with Crippen molar-refractivity contribution in [3.05, 3.63) is 31.1 Å². The fourth-order valence-corrected chi connectivity index (χ4v) is 4.49. The molecule has 0 aromatic heterocycles. The Bertz CT molecular complexity index is 531. The molecule has 5 heteroatoms. The number of rotatable bonds is 5. The minimum Gasteiger partial charge on any atom is -0.230 e. The third kappa shape index (κ3) is 6.23. The van der Waals surface area contributed by atoms with Crippen LogP contribution >= 0.6 is 47.8 Å². The van der Waals surface area contributed by atoms with Crippen LogP contribution in [0, 0.1) is 5.41 Å². The van der Waals surface area contributed by atoms with E-state index in [0.717, 1.165) is 25.4 Å². The van der Waals surface area contributed by atoms with Crippen molar-refractivity contribution in [2.75, 3.05) is 0 Å². The predicted molar refractivity (Wildman–Crippen MR) is 103 cm³/mol. The zero-order chi connectivity index (χ0) is 17.3. The van der Waals surface area contributed by atoms with Crippen LogP contribution < -0.4 is 0 Å². The standard InChI is InChI=1S/C17H25Br3O2/c1-15(2,3)10-16(4,5)21-22-17(6,7)12-8-11(18)9-13(19)14(12)20/h8-9H,10H2,1-7H3. The topological polar surface area (TPSA) is 18.5 Å². The second kappa shape index (κ2) is 7.22. The maximum absolute atomic E-state index is 5.85. The molecule has 0 aliphatic heterocycles. The Labute approximate surface area is 159 Å². The first-order chi connectivity index (χ1) is 9.73. The first kappa shape index (κ1) is 20.6. The van der Waals surface area contributed by atoms with Crippen molar-refractivity contribution in [2.24, 2.45) is 5.41 Å². The lowest BCUT2D eigenvalue weighted by molar-refractivity contribution is -0.409. The number of halogens is 3. The molecule has 0 aliphatic rings. The van der Waals surface area contributed by atoms with Crippen LogP contribution in [0.2, 0.25) is 0 Å². The van der Waals surface area contributed by atoms with Gasteiger partial charge in [-0.15, -0.1) is 0 Å². The molecule has 1 aromatic carbocycles. The summed E-state index contributed by atoms with van der Waals surface area (Å²) in [7, 11) is 0. The summed E-state index contributed by atoms with van der Waals surface area (Å²) >= 11 is 10.7. The van der Waals surface area contributed by atoms with E-state index < -0.39 is 5.60 Å². The lowest BCUT2D eigenvalue weighted by Gasteiger charge is -2.35. The van der Waals surface area contributed by atoms with Crippen LogP contribution in [0.5, 0.6) is 0 Å². The molecule has 0 bridgehead atoms. The van der Waals surface area contributed by atoms with Gasteiger partial charge in [0.2, 0.25) is 0 Å². The fraction of sp³-hybridized carbons (Fsp3) is 0.647. The summed E-state index contributed by atoms with van der Waals surface area (Å²) in [5, 5.41) is 0. The van der Waals surface area contributed by atoms with Gasteiger partial charge in [-0.3, -0.25) is 0 Å². The minimum atomic E-state index is -0.583. The van der Waals surface area contributed by atoms with Crippen molar-refractivity contribution in [1.29, 1.82) is 0 Å². The molecule has 0 amide bonds. The molecule has 0 saturated carbocycles. The van der Waals surface area contributed by atoms with E-state index in [9.17, 15) is 0 Å². The predicted octanol–water partition coefficient (Wildman–Crippen LogP) is 7.37. The van der Waals surface area contributed by atoms with Crippen molar-refractivity contribution in [2.45, 2.75) is 66.1 Å². The van der Waals surface area contributed by atoms with Gasteiger partial charge in [0.05, 0.1) is 5.60 Å². The third-order valence-electron chi connectivity index (χ3n) is 3.07. The first-order valence-electron chi connectivity index (χ1n) is 7.25. The minimum absolute atomic E-state index is 0.177. The van der Waals surface area contributed by atoms with Crippen LogP contribution in [0.15, 0.2) is 25.6 Å². The normalized spacial score (nSPS) is 13.5. The molecule has 2 nitrogen and oxygen atoms in total. The smallest absolute Gasteiger partial charge is 0.124 e. The van der Waals surface area contributed by atoms with Gasteiger partial charge in [-0.1, -0.05) is 36.7 Å². The summed E-state index contributed by atoms with van der Waals surface area (Å²) < 4.78 is 2.93. The number of hydrogen-bond donors (Lipinski definition) is 0. The van der Waals surface area contributed by atoms with Crippen LogP contribution in [0.3, 0.4) is 0 Å². The lowest BCUT2D eigenvalue weighted by atomic mass is 9.84. The Kier molecular flexibility index (Phi) is 6.77. The molecule has 0 unspecified atom stereocenters. The third-order valence-corrected chi connectivity index (χ3v) is 5.54. The second-order valence-electron chi connectivity index (χ2n) is 7.92. The van der Waals surface area contributed by atoms with Gasteiger partial charge in [0.15, 0.2) is 0 Å². The molecule has 1 aromatic rings. The van der Waals surface area contributed by atoms with Gasteiger partial charge in [-0.2, -0.15) is 0 Å². The van der Waals surface area contributed by atoms with Crippen LogP contribution in [0.25, 0.3) is 0 Å². The quantitative estimate of drug-likeness (QED) is 0.238. The molecule has 126 valence electrons. The average molecular weight is 501 g/mol. The van der Waals surface area contributed by atoms with Gasteiger partial charge in [0.25, 0.3) is 0 Å². The van der Waals surface area contributed by atoms with E-state index in [4.69, 9.17) is 9.78 Å². The molecule has 0 atom stereocenters. The second-order valence-corrected chi connectivity index (χ2v) is 10.5. The van der Waals surface area contributed by atoms with Gasteiger partial charge >= 0.3 is 0 Å². The van der Waals surface area contributed by atoms with Crippen LogP contribution in [0.4, 0.5) is 0 Å². The Hall–Kier alpha value is 0.580. The summed E-state index contributed by atoms with van der Waals surface area (Å²) in [4.78, 5) is 11.7. The molecular formula is C17H25Br3O2. The van der Waals surface area contributed by atoms with Crippen LogP contribution in [0.1, 0.15) is 60.5 Å². The van der Waals surface area contributed by atoms with Crippen molar-refractivity contribution >= 4 is 47.8 Å². The Morgan fingerprint density at radius 3 is 1.91 bits per heavy atom. The molecule has 0 heterocycles. The Balaban J connectivity index is 2.93. The van der Waals surface area contributed by atoms with Crippen molar-refractivity contribution < 1.29 is 9.78 Å². The van der Waals surface area contributed by atoms with Crippen molar-refractivity contribution in [3.8, 4) is 0 Å². The van der Waals surface area contributed by atoms with Gasteiger partial charge in [-0.05, 0) is 83.5 Å². The van der Waals surface area contributed by atoms with E-state index in [1.54, 1.807) is 0 Å². The molecule has 0 spiro atoms. The molecule has 0 fully saturated rings. The summed E-state index contributed by atoms with van der Waals surface area (Å²) in [6.07, 6.45) is 0.902. The molecule has 0 aliphatic carbocycles. The lowest BCUT2D eigenvalue weighted by Crippen LogP contribution is -2.34. The molecule has 0 N–H and O–H groups in total. The maximum Gasteiger partial charge on any atom is 0.124 e. The monoisotopic (exact) mass is 498 g/mol. The highest BCUT2D eigenvalue weighted by molar-refractivity contribution is 9.13. The summed E-state index contributed by atoms with van der Waals surface area (Å²) in [6.45, 7) is 14.7. The van der Waals surface area contributed by atoms with E-state index >= 15 is 0 Å². The zero-order valence-corrected chi connectivity index (χ0v) is 19.1. The van der Waals surface area contributed by atoms with Gasteiger partial charge in [0, 0.05) is 19.0 Å². The van der Waals surface area contributed by atoms with E-state index in [-0.39, 0.29) is 11.0 Å².